The maximum atomic E-state index is 12.8. The van der Waals surface area contributed by atoms with E-state index < -0.39 is 18.1 Å². The van der Waals surface area contributed by atoms with Crippen LogP contribution in [-0.4, -0.2) is 28.8 Å². The topological polar surface area (TPSA) is 69.6 Å². The van der Waals surface area contributed by atoms with E-state index >= 15 is 0 Å². The summed E-state index contributed by atoms with van der Waals surface area (Å²) < 4.78 is 12.8. The van der Waals surface area contributed by atoms with E-state index in [1.54, 1.807) is 0 Å². The molecule has 0 aliphatic heterocycles. The van der Waals surface area contributed by atoms with Crippen LogP contribution in [0.25, 0.3) is 0 Å². The molecule has 0 saturated heterocycles. The van der Waals surface area contributed by atoms with Gasteiger partial charge in [0.1, 0.15) is 5.82 Å². The third-order valence-electron chi connectivity index (χ3n) is 2.64. The summed E-state index contributed by atoms with van der Waals surface area (Å²) in [6.45, 7) is 2.57. The van der Waals surface area contributed by atoms with Crippen LogP contribution in [0.1, 0.15) is 31.4 Å². The van der Waals surface area contributed by atoms with E-state index in [4.69, 9.17) is 5.11 Å². The maximum Gasteiger partial charge on any atom is 0.305 e. The molecule has 1 aromatic rings. The van der Waals surface area contributed by atoms with Crippen LogP contribution in [-0.2, 0) is 4.79 Å². The zero-order chi connectivity index (χ0) is 13.5. The molecule has 1 aromatic carbocycles. The van der Waals surface area contributed by atoms with Gasteiger partial charge in [-0.2, -0.15) is 0 Å². The fourth-order valence-electron chi connectivity index (χ4n) is 1.71. The van der Waals surface area contributed by atoms with Crippen molar-refractivity contribution in [1.29, 1.82) is 0 Å². The highest BCUT2D eigenvalue weighted by atomic mass is 19.1. The first-order valence-corrected chi connectivity index (χ1v) is 5.93. The van der Waals surface area contributed by atoms with Crippen LogP contribution in [0.5, 0.6) is 0 Å². The number of hydrogen-bond donors (Lipinski definition) is 3. The highest BCUT2D eigenvalue weighted by molar-refractivity contribution is 5.67. The van der Waals surface area contributed by atoms with Crippen molar-refractivity contribution in [3.63, 3.8) is 0 Å². The van der Waals surface area contributed by atoms with E-state index in [0.717, 1.165) is 6.42 Å². The molecule has 0 aromatic heterocycles. The molecule has 0 fully saturated rings. The molecule has 0 aliphatic rings. The lowest BCUT2D eigenvalue weighted by atomic mass is 9.99. The minimum atomic E-state index is -0.982. The number of aliphatic carboxylic acids is 1. The highest BCUT2D eigenvalue weighted by Gasteiger charge is 2.22. The van der Waals surface area contributed by atoms with Gasteiger partial charge in [-0.1, -0.05) is 19.1 Å². The first-order valence-electron chi connectivity index (χ1n) is 5.93. The summed E-state index contributed by atoms with van der Waals surface area (Å²) in [5.74, 6) is -1.37. The van der Waals surface area contributed by atoms with Crippen LogP contribution in [0.4, 0.5) is 4.39 Å². The number of carbonyl (C=O) groups is 1. The quantitative estimate of drug-likeness (QED) is 0.693. The van der Waals surface area contributed by atoms with Gasteiger partial charge in [0.05, 0.1) is 12.5 Å². The van der Waals surface area contributed by atoms with Gasteiger partial charge >= 0.3 is 5.97 Å². The minimum Gasteiger partial charge on any atom is -0.481 e. The zero-order valence-electron chi connectivity index (χ0n) is 10.3. The number of carboxylic acids is 1. The van der Waals surface area contributed by atoms with Gasteiger partial charge in [-0.25, -0.2) is 4.39 Å². The lowest BCUT2D eigenvalue weighted by Crippen LogP contribution is -2.37. The molecular formula is C13H18FNO3. The van der Waals surface area contributed by atoms with E-state index in [9.17, 15) is 14.3 Å². The Balaban J connectivity index is 2.76. The molecule has 5 heteroatoms. The molecule has 0 heterocycles. The van der Waals surface area contributed by atoms with Gasteiger partial charge in [0.2, 0.25) is 0 Å². The molecule has 0 radical (unpaired) electrons. The van der Waals surface area contributed by atoms with Crippen molar-refractivity contribution in [2.45, 2.75) is 31.9 Å². The molecule has 2 unspecified atom stereocenters. The second-order valence-electron chi connectivity index (χ2n) is 4.15. The number of benzene rings is 1. The number of halogens is 1. The lowest BCUT2D eigenvalue weighted by molar-refractivity contribution is -0.138. The third-order valence-corrected chi connectivity index (χ3v) is 2.64. The average molecular weight is 255 g/mol. The molecule has 100 valence electrons. The Morgan fingerprint density at radius 1 is 1.39 bits per heavy atom. The second-order valence-corrected chi connectivity index (χ2v) is 4.15. The molecule has 0 spiro atoms. The largest absolute Gasteiger partial charge is 0.481 e. The number of aliphatic hydroxyl groups excluding tert-OH is 1. The summed E-state index contributed by atoms with van der Waals surface area (Å²) in [5, 5.41) is 21.9. The van der Waals surface area contributed by atoms with Crippen molar-refractivity contribution >= 4 is 5.97 Å². The van der Waals surface area contributed by atoms with Crippen molar-refractivity contribution in [3.8, 4) is 0 Å². The Kier molecular flexibility index (Phi) is 5.74. The number of rotatable bonds is 7. The van der Waals surface area contributed by atoms with Gasteiger partial charge in [-0.05, 0) is 30.7 Å². The number of carboxylic acid groups (broad SMARTS) is 1. The SMILES string of the molecule is CCCNC(CC(=O)O)C(O)c1ccc(F)cc1. The van der Waals surface area contributed by atoms with Crippen LogP contribution in [0.15, 0.2) is 24.3 Å². The number of nitrogens with one attached hydrogen (secondary N) is 1. The molecule has 3 N–H and O–H groups in total. The van der Waals surface area contributed by atoms with Crippen LogP contribution in [0, 0.1) is 5.82 Å². The predicted octanol–water partition coefficient (Wildman–Crippen LogP) is 1.70. The molecule has 0 bridgehead atoms. The molecule has 0 aliphatic carbocycles. The Morgan fingerprint density at radius 3 is 2.50 bits per heavy atom. The van der Waals surface area contributed by atoms with Crippen LogP contribution < -0.4 is 5.32 Å². The monoisotopic (exact) mass is 255 g/mol. The minimum absolute atomic E-state index is 0.182. The summed E-state index contributed by atoms with van der Waals surface area (Å²) in [5.41, 5.74) is 0.506. The summed E-state index contributed by atoms with van der Waals surface area (Å²) in [7, 11) is 0. The van der Waals surface area contributed by atoms with Gasteiger partial charge < -0.3 is 15.5 Å². The third kappa shape index (κ3) is 4.43. The van der Waals surface area contributed by atoms with Crippen molar-refractivity contribution in [3.05, 3.63) is 35.6 Å². The van der Waals surface area contributed by atoms with Crippen molar-refractivity contribution in [2.75, 3.05) is 6.54 Å². The smallest absolute Gasteiger partial charge is 0.305 e. The Labute approximate surface area is 105 Å². The Morgan fingerprint density at radius 2 is 2.00 bits per heavy atom. The molecule has 18 heavy (non-hydrogen) atoms. The average Bonchev–Trinajstić information content (AvgIpc) is 2.34. The predicted molar refractivity (Wildman–Crippen MR) is 65.7 cm³/mol. The van der Waals surface area contributed by atoms with Crippen molar-refractivity contribution in [1.82, 2.24) is 5.32 Å². The van der Waals surface area contributed by atoms with Gasteiger partial charge in [0.15, 0.2) is 0 Å². The Hall–Kier alpha value is -1.46. The summed E-state index contributed by atoms with van der Waals surface area (Å²) in [6, 6.07) is 4.84. The van der Waals surface area contributed by atoms with E-state index in [1.807, 2.05) is 6.92 Å². The first kappa shape index (κ1) is 14.6. The maximum absolute atomic E-state index is 12.8. The molecule has 0 amide bonds. The normalized spacial score (nSPS) is 14.2. The molecular weight excluding hydrogens is 237 g/mol. The standard InChI is InChI=1S/C13H18FNO3/c1-2-7-15-11(8-12(16)17)13(18)9-3-5-10(14)6-4-9/h3-6,11,13,15,18H,2,7-8H2,1H3,(H,16,17). The first-order chi connectivity index (χ1) is 8.54. The molecule has 1 rings (SSSR count). The van der Waals surface area contributed by atoms with E-state index in [1.165, 1.54) is 24.3 Å². The van der Waals surface area contributed by atoms with Crippen molar-refractivity contribution < 1.29 is 19.4 Å². The summed E-state index contributed by atoms with van der Waals surface area (Å²) in [6.07, 6.45) is -0.307. The number of hydrogen-bond acceptors (Lipinski definition) is 3. The van der Waals surface area contributed by atoms with Gasteiger partial charge in [-0.3, -0.25) is 4.79 Å². The van der Waals surface area contributed by atoms with E-state index in [2.05, 4.69) is 5.32 Å². The second kappa shape index (κ2) is 7.08. The van der Waals surface area contributed by atoms with Crippen LogP contribution >= 0.6 is 0 Å². The van der Waals surface area contributed by atoms with Gasteiger partial charge in [0.25, 0.3) is 0 Å². The molecule has 4 nitrogen and oxygen atoms in total. The Bertz CT molecular complexity index is 380. The zero-order valence-corrected chi connectivity index (χ0v) is 10.3. The van der Waals surface area contributed by atoms with E-state index in [-0.39, 0.29) is 12.2 Å². The number of aliphatic hydroxyl groups is 1. The fraction of sp³-hybridized carbons (Fsp3) is 0.462. The molecule has 2 atom stereocenters. The van der Waals surface area contributed by atoms with Gasteiger partial charge in [-0.15, -0.1) is 0 Å². The molecule has 0 saturated carbocycles. The fourth-order valence-corrected chi connectivity index (χ4v) is 1.71. The summed E-state index contributed by atoms with van der Waals surface area (Å²) >= 11 is 0. The van der Waals surface area contributed by atoms with Gasteiger partial charge in [0, 0.05) is 6.04 Å². The summed E-state index contributed by atoms with van der Waals surface area (Å²) in [4.78, 5) is 10.8. The highest BCUT2D eigenvalue weighted by Crippen LogP contribution is 2.19. The van der Waals surface area contributed by atoms with Crippen LogP contribution in [0.2, 0.25) is 0 Å². The van der Waals surface area contributed by atoms with Crippen LogP contribution in [0.3, 0.4) is 0 Å². The lowest BCUT2D eigenvalue weighted by Gasteiger charge is -2.23. The van der Waals surface area contributed by atoms with E-state index in [0.29, 0.717) is 12.1 Å². The van der Waals surface area contributed by atoms with Crippen molar-refractivity contribution in [2.24, 2.45) is 0 Å².